The van der Waals surface area contributed by atoms with Crippen LogP contribution in [0.4, 0.5) is 0 Å². The molecular formula is C14H15Cl2NO4. The molecule has 1 aromatic carbocycles. The van der Waals surface area contributed by atoms with Crippen molar-refractivity contribution in [2.45, 2.75) is 6.42 Å². The Balaban J connectivity index is 2.20. The van der Waals surface area contributed by atoms with Crippen molar-refractivity contribution in [1.29, 1.82) is 0 Å². The van der Waals surface area contributed by atoms with Crippen molar-refractivity contribution < 1.29 is 19.4 Å². The maximum atomic E-state index is 12.4. The SMILES string of the molecule is COCC1(C(=O)O)CCN(C(=O)c2cc(Cl)cc(Cl)c2)C1. The van der Waals surface area contributed by atoms with Gasteiger partial charge in [0.15, 0.2) is 0 Å². The Bertz CT molecular complexity index is 558. The van der Waals surface area contributed by atoms with E-state index in [1.807, 2.05) is 0 Å². The lowest BCUT2D eigenvalue weighted by Gasteiger charge is -2.23. The third-order valence-electron chi connectivity index (χ3n) is 3.62. The summed E-state index contributed by atoms with van der Waals surface area (Å²) in [6.07, 6.45) is 0.357. The molecule has 1 heterocycles. The minimum Gasteiger partial charge on any atom is -0.481 e. The van der Waals surface area contributed by atoms with Crippen LogP contribution in [0.3, 0.4) is 0 Å². The molecule has 2 rings (SSSR count). The summed E-state index contributed by atoms with van der Waals surface area (Å²) in [5.74, 6) is -1.23. The van der Waals surface area contributed by atoms with Gasteiger partial charge in [0, 0.05) is 35.8 Å². The molecule has 114 valence electrons. The van der Waals surface area contributed by atoms with Gasteiger partial charge in [-0.15, -0.1) is 0 Å². The highest BCUT2D eigenvalue weighted by Gasteiger charge is 2.46. The average molecular weight is 332 g/mol. The van der Waals surface area contributed by atoms with Crippen LogP contribution in [0.1, 0.15) is 16.8 Å². The number of rotatable bonds is 4. The van der Waals surface area contributed by atoms with Gasteiger partial charge in [0.2, 0.25) is 0 Å². The Kier molecular flexibility index (Phi) is 4.76. The van der Waals surface area contributed by atoms with Crippen molar-refractivity contribution in [2.75, 3.05) is 26.8 Å². The van der Waals surface area contributed by atoms with Crippen LogP contribution in [-0.4, -0.2) is 48.7 Å². The fourth-order valence-corrected chi connectivity index (χ4v) is 3.06. The zero-order valence-electron chi connectivity index (χ0n) is 11.4. The van der Waals surface area contributed by atoms with Crippen molar-refractivity contribution in [3.8, 4) is 0 Å². The van der Waals surface area contributed by atoms with Crippen molar-refractivity contribution in [2.24, 2.45) is 5.41 Å². The fraction of sp³-hybridized carbons (Fsp3) is 0.429. The Morgan fingerprint density at radius 1 is 1.33 bits per heavy atom. The number of benzene rings is 1. The largest absolute Gasteiger partial charge is 0.481 e. The van der Waals surface area contributed by atoms with Crippen LogP contribution in [0.25, 0.3) is 0 Å². The van der Waals surface area contributed by atoms with Crippen LogP contribution in [0.2, 0.25) is 10.0 Å². The summed E-state index contributed by atoms with van der Waals surface area (Å²) in [6.45, 7) is 0.542. The lowest BCUT2D eigenvalue weighted by atomic mass is 9.88. The minimum absolute atomic E-state index is 0.0718. The first-order chi connectivity index (χ1) is 9.88. The van der Waals surface area contributed by atoms with Gasteiger partial charge in [0.1, 0.15) is 5.41 Å². The van der Waals surface area contributed by atoms with E-state index in [-0.39, 0.29) is 19.1 Å². The Labute approximate surface area is 132 Å². The lowest BCUT2D eigenvalue weighted by Crippen LogP contribution is -2.40. The van der Waals surface area contributed by atoms with Gasteiger partial charge in [-0.25, -0.2) is 0 Å². The second-order valence-electron chi connectivity index (χ2n) is 5.15. The number of aliphatic carboxylic acids is 1. The van der Waals surface area contributed by atoms with E-state index in [1.54, 1.807) is 0 Å². The molecular weight excluding hydrogens is 317 g/mol. The highest BCUT2D eigenvalue weighted by atomic mass is 35.5. The molecule has 21 heavy (non-hydrogen) atoms. The molecule has 0 aliphatic carbocycles. The van der Waals surface area contributed by atoms with E-state index in [2.05, 4.69) is 0 Å². The highest BCUT2D eigenvalue weighted by molar-refractivity contribution is 6.35. The van der Waals surface area contributed by atoms with E-state index in [9.17, 15) is 14.7 Å². The van der Waals surface area contributed by atoms with Crippen LogP contribution < -0.4 is 0 Å². The number of carboxylic acid groups (broad SMARTS) is 1. The fourth-order valence-electron chi connectivity index (χ4n) is 2.54. The normalized spacial score (nSPS) is 21.6. The maximum absolute atomic E-state index is 12.4. The number of hydrogen-bond acceptors (Lipinski definition) is 3. The van der Waals surface area contributed by atoms with Crippen LogP contribution in [0.15, 0.2) is 18.2 Å². The first-order valence-electron chi connectivity index (χ1n) is 6.36. The molecule has 1 fully saturated rings. The summed E-state index contributed by atoms with van der Waals surface area (Å²) < 4.78 is 5.00. The van der Waals surface area contributed by atoms with Crippen LogP contribution >= 0.6 is 23.2 Å². The molecule has 1 unspecified atom stereocenters. The van der Waals surface area contributed by atoms with Crippen LogP contribution in [0.5, 0.6) is 0 Å². The van der Waals surface area contributed by atoms with E-state index < -0.39 is 11.4 Å². The highest BCUT2D eigenvalue weighted by Crippen LogP contribution is 2.32. The molecule has 0 spiro atoms. The zero-order valence-corrected chi connectivity index (χ0v) is 12.9. The van der Waals surface area contributed by atoms with Gasteiger partial charge in [0.25, 0.3) is 5.91 Å². The summed E-state index contributed by atoms with van der Waals surface area (Å²) in [6, 6.07) is 4.58. The number of nitrogens with zero attached hydrogens (tertiary/aromatic N) is 1. The quantitative estimate of drug-likeness (QED) is 0.920. The second-order valence-corrected chi connectivity index (χ2v) is 6.03. The number of likely N-dealkylation sites (tertiary alicyclic amines) is 1. The number of carboxylic acids is 1. The first-order valence-corrected chi connectivity index (χ1v) is 7.11. The summed E-state index contributed by atoms with van der Waals surface area (Å²) in [7, 11) is 1.45. The summed E-state index contributed by atoms with van der Waals surface area (Å²) in [5, 5.41) is 10.1. The molecule has 0 aromatic heterocycles. The van der Waals surface area contributed by atoms with Crippen molar-refractivity contribution >= 4 is 35.1 Å². The Hall–Kier alpha value is -1.30. The third kappa shape index (κ3) is 3.31. The van der Waals surface area contributed by atoms with Crippen LogP contribution in [0, 0.1) is 5.41 Å². The van der Waals surface area contributed by atoms with E-state index in [4.69, 9.17) is 27.9 Å². The van der Waals surface area contributed by atoms with E-state index in [1.165, 1.54) is 30.2 Å². The first kappa shape index (κ1) is 16.1. The van der Waals surface area contributed by atoms with Gasteiger partial charge in [-0.3, -0.25) is 9.59 Å². The predicted octanol–water partition coefficient (Wildman–Crippen LogP) is 2.56. The van der Waals surface area contributed by atoms with Crippen molar-refractivity contribution in [3.63, 3.8) is 0 Å². The van der Waals surface area contributed by atoms with Gasteiger partial charge in [-0.05, 0) is 24.6 Å². The van der Waals surface area contributed by atoms with Gasteiger partial charge in [-0.2, -0.15) is 0 Å². The average Bonchev–Trinajstić information content (AvgIpc) is 2.83. The smallest absolute Gasteiger partial charge is 0.313 e. The summed E-state index contributed by atoms with van der Waals surface area (Å²) in [5.41, 5.74) is -0.696. The molecule has 1 aliphatic heterocycles. The van der Waals surface area contributed by atoms with Crippen molar-refractivity contribution in [3.05, 3.63) is 33.8 Å². The monoisotopic (exact) mass is 331 g/mol. The molecule has 0 bridgehead atoms. The van der Waals surface area contributed by atoms with E-state index >= 15 is 0 Å². The number of methoxy groups -OCH3 is 1. The predicted molar refractivity (Wildman–Crippen MR) is 78.9 cm³/mol. The molecule has 1 aliphatic rings. The number of carbonyl (C=O) groups excluding carboxylic acids is 1. The maximum Gasteiger partial charge on any atom is 0.313 e. The molecule has 0 saturated carbocycles. The molecule has 7 heteroatoms. The lowest BCUT2D eigenvalue weighted by molar-refractivity contribution is -0.151. The molecule has 5 nitrogen and oxygen atoms in total. The van der Waals surface area contributed by atoms with Crippen molar-refractivity contribution in [1.82, 2.24) is 4.90 Å². The minimum atomic E-state index is -1.05. The van der Waals surface area contributed by atoms with Gasteiger partial charge >= 0.3 is 5.97 Å². The van der Waals surface area contributed by atoms with E-state index in [0.717, 1.165) is 0 Å². The Morgan fingerprint density at radius 2 is 1.95 bits per heavy atom. The Morgan fingerprint density at radius 3 is 2.48 bits per heavy atom. The molecule has 0 radical (unpaired) electrons. The standard InChI is InChI=1S/C14H15Cl2NO4/c1-21-8-14(13(19)20)2-3-17(7-14)12(18)9-4-10(15)6-11(16)5-9/h4-6H,2-3,7-8H2,1H3,(H,19,20). The second kappa shape index (κ2) is 6.22. The van der Waals surface area contributed by atoms with Gasteiger partial charge < -0.3 is 14.7 Å². The summed E-state index contributed by atoms with van der Waals surface area (Å²) in [4.78, 5) is 25.4. The zero-order chi connectivity index (χ0) is 15.6. The molecule has 1 saturated heterocycles. The van der Waals surface area contributed by atoms with Crippen LogP contribution in [-0.2, 0) is 9.53 Å². The summed E-state index contributed by atoms with van der Waals surface area (Å²) >= 11 is 11.8. The van der Waals surface area contributed by atoms with E-state index in [0.29, 0.717) is 28.6 Å². The molecule has 1 atom stereocenters. The number of ether oxygens (including phenoxy) is 1. The molecule has 1 N–H and O–H groups in total. The van der Waals surface area contributed by atoms with Gasteiger partial charge in [-0.1, -0.05) is 23.2 Å². The topological polar surface area (TPSA) is 66.8 Å². The number of carbonyl (C=O) groups is 2. The number of halogens is 2. The van der Waals surface area contributed by atoms with Gasteiger partial charge in [0.05, 0.1) is 6.61 Å². The number of amides is 1. The third-order valence-corrected chi connectivity index (χ3v) is 4.06. The number of hydrogen-bond donors (Lipinski definition) is 1. The molecule has 1 aromatic rings. The molecule has 1 amide bonds.